The van der Waals surface area contributed by atoms with Gasteiger partial charge in [0.05, 0.1) is 16.0 Å². The van der Waals surface area contributed by atoms with Crippen LogP contribution in [0.2, 0.25) is 0 Å². The molecule has 0 radical (unpaired) electrons. The van der Waals surface area contributed by atoms with Crippen LogP contribution in [0, 0.1) is 24.1 Å². The van der Waals surface area contributed by atoms with Crippen molar-refractivity contribution in [3.05, 3.63) is 73.3 Å². The molecule has 1 aliphatic heterocycles. The standard InChI is InChI=1S/C16H10BrFN2O3/c1-7-4-12-14(16(21)22-7)13(9(6-19)15(20)23-12)8-2-3-11(18)10(17)5-8/h2-5,13H,20H2,1H3/t13-/m0/s1. The Morgan fingerprint density at radius 1 is 1.39 bits per heavy atom. The summed E-state index contributed by atoms with van der Waals surface area (Å²) in [5, 5.41) is 9.40. The minimum Gasteiger partial charge on any atom is -0.440 e. The van der Waals surface area contributed by atoms with Gasteiger partial charge < -0.3 is 14.9 Å². The maximum absolute atomic E-state index is 13.5. The molecule has 1 atom stereocenters. The number of hydrogen-bond donors (Lipinski definition) is 1. The summed E-state index contributed by atoms with van der Waals surface area (Å²) >= 11 is 3.10. The number of rotatable bonds is 1. The van der Waals surface area contributed by atoms with E-state index in [4.69, 9.17) is 14.9 Å². The Balaban J connectivity index is 2.31. The van der Waals surface area contributed by atoms with E-state index in [0.717, 1.165) is 0 Å². The molecule has 7 heteroatoms. The smallest absolute Gasteiger partial charge is 0.343 e. The summed E-state index contributed by atoms with van der Waals surface area (Å²) < 4.78 is 24.2. The van der Waals surface area contributed by atoms with E-state index in [1.54, 1.807) is 6.92 Å². The van der Waals surface area contributed by atoms with Crippen molar-refractivity contribution in [1.29, 1.82) is 5.26 Å². The molecule has 1 aromatic heterocycles. The van der Waals surface area contributed by atoms with Crippen molar-refractivity contribution < 1.29 is 13.5 Å². The van der Waals surface area contributed by atoms with Crippen LogP contribution in [0.15, 0.2) is 49.4 Å². The number of benzene rings is 1. The molecule has 0 amide bonds. The maximum Gasteiger partial charge on any atom is 0.343 e. The molecular formula is C16H10BrFN2O3. The number of halogens is 2. The third-order valence-corrected chi connectivity index (χ3v) is 4.14. The van der Waals surface area contributed by atoms with E-state index < -0.39 is 17.4 Å². The fraction of sp³-hybridized carbons (Fsp3) is 0.125. The van der Waals surface area contributed by atoms with Gasteiger partial charge in [-0.1, -0.05) is 6.07 Å². The average molecular weight is 377 g/mol. The van der Waals surface area contributed by atoms with Gasteiger partial charge in [0, 0.05) is 6.07 Å². The number of aryl methyl sites for hydroxylation is 1. The molecule has 0 unspecified atom stereocenters. The van der Waals surface area contributed by atoms with E-state index in [1.165, 1.54) is 24.3 Å². The van der Waals surface area contributed by atoms with Crippen LogP contribution in [0.25, 0.3) is 0 Å². The van der Waals surface area contributed by atoms with E-state index in [9.17, 15) is 14.4 Å². The van der Waals surface area contributed by atoms with E-state index >= 15 is 0 Å². The molecule has 0 spiro atoms. The zero-order valence-corrected chi connectivity index (χ0v) is 13.5. The molecule has 1 aliphatic rings. The Labute approximate surface area is 138 Å². The number of fused-ring (bicyclic) bond motifs is 1. The highest BCUT2D eigenvalue weighted by Crippen LogP contribution is 2.41. The molecular weight excluding hydrogens is 367 g/mol. The molecule has 3 rings (SSSR count). The van der Waals surface area contributed by atoms with E-state index in [2.05, 4.69) is 15.9 Å². The molecule has 2 heterocycles. The topological polar surface area (TPSA) is 89.2 Å². The first-order valence-electron chi connectivity index (χ1n) is 6.59. The number of nitrogens with two attached hydrogens (primary N) is 1. The summed E-state index contributed by atoms with van der Waals surface area (Å²) in [5.74, 6) is -0.720. The Hall–Kier alpha value is -2.59. The average Bonchev–Trinajstić information content (AvgIpc) is 2.48. The molecule has 2 aromatic rings. The SMILES string of the molecule is Cc1cc2c(c(=O)o1)[C@@H](c1ccc(F)c(Br)c1)C(C#N)=C(N)O2. The van der Waals surface area contributed by atoms with Crippen LogP contribution in [0.4, 0.5) is 4.39 Å². The fourth-order valence-electron chi connectivity index (χ4n) is 2.54. The van der Waals surface area contributed by atoms with Gasteiger partial charge in [-0.25, -0.2) is 9.18 Å². The lowest BCUT2D eigenvalue weighted by Crippen LogP contribution is -2.26. The number of hydrogen-bond acceptors (Lipinski definition) is 5. The predicted molar refractivity (Wildman–Crippen MR) is 83.1 cm³/mol. The molecule has 5 nitrogen and oxygen atoms in total. The number of nitrogens with zero attached hydrogens (tertiary/aromatic N) is 1. The summed E-state index contributed by atoms with van der Waals surface area (Å²) in [6.45, 7) is 1.61. The second-order valence-electron chi connectivity index (χ2n) is 5.02. The van der Waals surface area contributed by atoms with Gasteiger partial charge in [0.25, 0.3) is 0 Å². The van der Waals surface area contributed by atoms with Crippen molar-refractivity contribution in [2.45, 2.75) is 12.8 Å². The third-order valence-electron chi connectivity index (χ3n) is 3.53. The zero-order chi connectivity index (χ0) is 16.7. The minimum absolute atomic E-state index is 0.0761. The van der Waals surface area contributed by atoms with Crippen LogP contribution < -0.4 is 16.1 Å². The Morgan fingerprint density at radius 2 is 2.13 bits per heavy atom. The van der Waals surface area contributed by atoms with Crippen molar-refractivity contribution in [2.75, 3.05) is 0 Å². The van der Waals surface area contributed by atoms with Crippen LogP contribution in [0.3, 0.4) is 0 Å². The van der Waals surface area contributed by atoms with Gasteiger partial charge >= 0.3 is 5.63 Å². The molecule has 0 fully saturated rings. The summed E-state index contributed by atoms with van der Waals surface area (Å²) in [7, 11) is 0. The monoisotopic (exact) mass is 376 g/mol. The molecule has 0 saturated carbocycles. The van der Waals surface area contributed by atoms with Gasteiger partial charge in [0.15, 0.2) is 0 Å². The lowest BCUT2D eigenvalue weighted by molar-refractivity contribution is 0.371. The van der Waals surface area contributed by atoms with Gasteiger partial charge in [-0.2, -0.15) is 5.26 Å². The first kappa shape index (κ1) is 15.3. The lowest BCUT2D eigenvalue weighted by Gasteiger charge is -2.25. The Bertz CT molecular complexity index is 943. The highest BCUT2D eigenvalue weighted by atomic mass is 79.9. The quantitative estimate of drug-likeness (QED) is 0.825. The van der Waals surface area contributed by atoms with Gasteiger partial charge in [-0.15, -0.1) is 0 Å². The number of nitriles is 1. The Kier molecular flexibility index (Phi) is 3.70. The highest BCUT2D eigenvalue weighted by molar-refractivity contribution is 9.10. The van der Waals surface area contributed by atoms with Gasteiger partial charge in [0.1, 0.15) is 29.0 Å². The molecule has 23 heavy (non-hydrogen) atoms. The van der Waals surface area contributed by atoms with E-state index in [-0.39, 0.29) is 27.2 Å². The van der Waals surface area contributed by atoms with Gasteiger partial charge in [-0.3, -0.25) is 0 Å². The Morgan fingerprint density at radius 3 is 2.78 bits per heavy atom. The van der Waals surface area contributed by atoms with Crippen molar-refractivity contribution in [3.8, 4) is 11.8 Å². The first-order valence-corrected chi connectivity index (χ1v) is 7.39. The third kappa shape index (κ3) is 2.51. The van der Waals surface area contributed by atoms with Crippen LogP contribution >= 0.6 is 15.9 Å². The first-order chi connectivity index (χ1) is 10.9. The van der Waals surface area contributed by atoms with Crippen molar-refractivity contribution in [2.24, 2.45) is 5.73 Å². The summed E-state index contributed by atoms with van der Waals surface area (Å²) in [6.07, 6.45) is 0. The molecule has 116 valence electrons. The summed E-state index contributed by atoms with van der Waals surface area (Å²) in [6, 6.07) is 7.72. The van der Waals surface area contributed by atoms with Crippen LogP contribution in [0.5, 0.6) is 5.75 Å². The zero-order valence-electron chi connectivity index (χ0n) is 11.9. The molecule has 1 aromatic carbocycles. The number of allylic oxidation sites excluding steroid dienone is 1. The van der Waals surface area contributed by atoms with Gasteiger partial charge in [-0.05, 0) is 40.5 Å². The van der Waals surface area contributed by atoms with Crippen molar-refractivity contribution >= 4 is 15.9 Å². The second-order valence-corrected chi connectivity index (χ2v) is 5.88. The lowest BCUT2D eigenvalue weighted by atomic mass is 9.84. The summed E-state index contributed by atoms with van der Waals surface area (Å²) in [4.78, 5) is 12.3. The van der Waals surface area contributed by atoms with Crippen molar-refractivity contribution in [3.63, 3.8) is 0 Å². The van der Waals surface area contributed by atoms with Crippen LogP contribution in [-0.2, 0) is 0 Å². The highest BCUT2D eigenvalue weighted by Gasteiger charge is 2.34. The summed E-state index contributed by atoms with van der Waals surface area (Å²) in [5.41, 5.74) is 5.97. The molecule has 0 bridgehead atoms. The van der Waals surface area contributed by atoms with Crippen molar-refractivity contribution in [1.82, 2.24) is 0 Å². The predicted octanol–water partition coefficient (Wildman–Crippen LogP) is 3.07. The molecule has 2 N–H and O–H groups in total. The van der Waals surface area contributed by atoms with Gasteiger partial charge in [0.2, 0.25) is 5.88 Å². The molecule has 0 saturated heterocycles. The number of ether oxygens (including phenoxy) is 1. The van der Waals surface area contributed by atoms with Crippen LogP contribution in [0.1, 0.15) is 22.8 Å². The fourth-order valence-corrected chi connectivity index (χ4v) is 2.94. The van der Waals surface area contributed by atoms with E-state index in [0.29, 0.717) is 11.3 Å². The molecule has 0 aliphatic carbocycles. The normalized spacial score (nSPS) is 16.5. The van der Waals surface area contributed by atoms with Crippen LogP contribution in [-0.4, -0.2) is 0 Å². The largest absolute Gasteiger partial charge is 0.440 e. The maximum atomic E-state index is 13.5. The van der Waals surface area contributed by atoms with E-state index in [1.807, 2.05) is 6.07 Å². The second kappa shape index (κ2) is 5.56. The minimum atomic E-state index is -0.780.